The number of halogens is 3. The van der Waals surface area contributed by atoms with E-state index in [1.165, 1.54) is 7.11 Å². The van der Waals surface area contributed by atoms with Gasteiger partial charge in [-0.05, 0) is 37.8 Å². The number of aryl methyl sites for hydroxylation is 1. The zero-order valence-corrected chi connectivity index (χ0v) is 14.1. The topological polar surface area (TPSA) is 52.3 Å². The summed E-state index contributed by atoms with van der Waals surface area (Å²) in [6.07, 6.45) is -0.732. The highest BCUT2D eigenvalue weighted by Gasteiger charge is 2.25. The van der Waals surface area contributed by atoms with Crippen LogP contribution in [0.5, 0.6) is 0 Å². The molecule has 1 aromatic rings. The number of hydrogen-bond acceptors (Lipinski definition) is 4. The van der Waals surface area contributed by atoms with Crippen molar-refractivity contribution in [3.63, 3.8) is 0 Å². The summed E-state index contributed by atoms with van der Waals surface area (Å²) in [4.78, 5) is 13.3. The van der Waals surface area contributed by atoms with Gasteiger partial charge in [0.25, 0.3) is 0 Å². The monoisotopic (exact) mass is 351 g/mol. The predicted molar refractivity (Wildman–Crippen MR) is 85.3 cm³/mol. The van der Waals surface area contributed by atoms with Crippen molar-refractivity contribution in [2.24, 2.45) is 5.73 Å². The molecule has 0 saturated heterocycles. The standard InChI is InChI=1S/C16H24F3NO2S/c1-22-15(21)8-5-6-12-9-10-14(23-12)13(20)7-3-2-4-11-16(17,18)19/h9-10,13H,2-8,11,20H2,1H3. The fourth-order valence-electron chi connectivity index (χ4n) is 2.25. The van der Waals surface area contributed by atoms with Gasteiger partial charge in [0.05, 0.1) is 7.11 Å². The Kier molecular flexibility index (Phi) is 8.62. The smallest absolute Gasteiger partial charge is 0.389 e. The van der Waals surface area contributed by atoms with Gasteiger partial charge in [-0.15, -0.1) is 11.3 Å². The fourth-order valence-corrected chi connectivity index (χ4v) is 3.34. The Hall–Kier alpha value is -1.08. The third kappa shape index (κ3) is 8.95. The Labute approximate surface area is 139 Å². The number of alkyl halides is 3. The molecule has 0 bridgehead atoms. The minimum atomic E-state index is -4.06. The van der Waals surface area contributed by atoms with Gasteiger partial charge < -0.3 is 10.5 Å². The van der Waals surface area contributed by atoms with Crippen LogP contribution in [-0.4, -0.2) is 19.3 Å². The van der Waals surface area contributed by atoms with Crippen molar-refractivity contribution in [3.8, 4) is 0 Å². The third-order valence-corrected chi connectivity index (χ3v) is 4.83. The highest BCUT2D eigenvalue weighted by atomic mass is 32.1. The van der Waals surface area contributed by atoms with Crippen LogP contribution in [-0.2, 0) is 16.0 Å². The van der Waals surface area contributed by atoms with Gasteiger partial charge in [0.1, 0.15) is 0 Å². The summed E-state index contributed by atoms with van der Waals surface area (Å²) >= 11 is 1.61. The molecule has 1 unspecified atom stereocenters. The first kappa shape index (κ1) is 20.0. The molecule has 0 aliphatic rings. The van der Waals surface area contributed by atoms with Crippen LogP contribution in [0.3, 0.4) is 0 Å². The van der Waals surface area contributed by atoms with Crippen LogP contribution in [0.1, 0.15) is 60.7 Å². The van der Waals surface area contributed by atoms with E-state index in [0.29, 0.717) is 25.7 Å². The zero-order valence-electron chi connectivity index (χ0n) is 13.3. The zero-order chi connectivity index (χ0) is 17.3. The highest BCUT2D eigenvalue weighted by molar-refractivity contribution is 7.12. The van der Waals surface area contributed by atoms with Crippen LogP contribution in [0, 0.1) is 0 Å². The minimum Gasteiger partial charge on any atom is -0.469 e. The van der Waals surface area contributed by atoms with Crippen LogP contribution in [0.2, 0.25) is 0 Å². The number of unbranched alkanes of at least 4 members (excludes halogenated alkanes) is 2. The van der Waals surface area contributed by atoms with Crippen LogP contribution in [0.15, 0.2) is 12.1 Å². The lowest BCUT2D eigenvalue weighted by Crippen LogP contribution is -2.09. The summed E-state index contributed by atoms with van der Waals surface area (Å²) in [6.45, 7) is 0. The van der Waals surface area contributed by atoms with Gasteiger partial charge in [-0.1, -0.05) is 12.8 Å². The lowest BCUT2D eigenvalue weighted by atomic mass is 10.1. The molecule has 1 aromatic heterocycles. The molecule has 1 atom stereocenters. The molecular weight excluding hydrogens is 327 g/mol. The summed E-state index contributed by atoms with van der Waals surface area (Å²) in [5.41, 5.74) is 6.09. The molecule has 0 aliphatic carbocycles. The van der Waals surface area contributed by atoms with Crippen molar-refractivity contribution in [3.05, 3.63) is 21.9 Å². The van der Waals surface area contributed by atoms with Crippen LogP contribution >= 0.6 is 11.3 Å². The quantitative estimate of drug-likeness (QED) is 0.488. The molecule has 2 N–H and O–H groups in total. The van der Waals surface area contributed by atoms with Crippen molar-refractivity contribution in [1.82, 2.24) is 0 Å². The molecule has 0 aromatic carbocycles. The fraction of sp³-hybridized carbons (Fsp3) is 0.688. The first-order valence-electron chi connectivity index (χ1n) is 7.79. The van der Waals surface area contributed by atoms with E-state index in [1.54, 1.807) is 11.3 Å². The number of thiophene rings is 1. The summed E-state index contributed by atoms with van der Waals surface area (Å²) in [7, 11) is 1.37. The molecule has 0 aliphatic heterocycles. The Bertz CT molecular complexity index is 474. The Morgan fingerprint density at radius 3 is 2.65 bits per heavy atom. The largest absolute Gasteiger partial charge is 0.469 e. The number of carbonyl (C=O) groups is 1. The second-order valence-electron chi connectivity index (χ2n) is 5.55. The number of esters is 1. The van der Waals surface area contributed by atoms with Crippen LogP contribution < -0.4 is 5.73 Å². The second kappa shape index (κ2) is 9.93. The predicted octanol–water partition coefficient (Wildman–Crippen LogP) is 4.76. The van der Waals surface area contributed by atoms with Crippen molar-refractivity contribution < 1.29 is 22.7 Å². The molecule has 132 valence electrons. The van der Waals surface area contributed by atoms with Gasteiger partial charge in [-0.25, -0.2) is 0 Å². The molecule has 0 amide bonds. The molecule has 23 heavy (non-hydrogen) atoms. The first-order chi connectivity index (χ1) is 10.8. The van der Waals surface area contributed by atoms with Gasteiger partial charge in [0, 0.05) is 28.6 Å². The molecule has 0 fully saturated rings. The molecule has 1 rings (SSSR count). The molecule has 0 saturated carbocycles. The minimum absolute atomic E-state index is 0.125. The lowest BCUT2D eigenvalue weighted by molar-refractivity contribution is -0.140. The number of methoxy groups -OCH3 is 1. The van der Waals surface area contributed by atoms with Gasteiger partial charge in [0.15, 0.2) is 0 Å². The van der Waals surface area contributed by atoms with Crippen molar-refractivity contribution in [2.75, 3.05) is 7.11 Å². The maximum atomic E-state index is 12.0. The molecule has 0 radical (unpaired) electrons. The number of ether oxygens (including phenoxy) is 1. The van der Waals surface area contributed by atoms with Crippen molar-refractivity contribution in [2.45, 2.75) is 63.6 Å². The van der Waals surface area contributed by atoms with Crippen molar-refractivity contribution >= 4 is 17.3 Å². The van der Waals surface area contributed by atoms with Crippen LogP contribution in [0.4, 0.5) is 13.2 Å². The van der Waals surface area contributed by atoms with E-state index >= 15 is 0 Å². The average Bonchev–Trinajstić information content (AvgIpc) is 2.94. The maximum absolute atomic E-state index is 12.0. The number of hydrogen-bond donors (Lipinski definition) is 1. The van der Waals surface area contributed by atoms with E-state index < -0.39 is 12.6 Å². The van der Waals surface area contributed by atoms with E-state index in [4.69, 9.17) is 5.73 Å². The third-order valence-electron chi connectivity index (χ3n) is 3.56. The maximum Gasteiger partial charge on any atom is 0.389 e. The van der Waals surface area contributed by atoms with E-state index in [-0.39, 0.29) is 18.4 Å². The Balaban J connectivity index is 2.24. The summed E-state index contributed by atoms with van der Waals surface area (Å²) in [5.74, 6) is -0.211. The van der Waals surface area contributed by atoms with Gasteiger partial charge in [-0.2, -0.15) is 13.2 Å². The normalized spacial score (nSPS) is 13.1. The Morgan fingerprint density at radius 1 is 1.26 bits per heavy atom. The SMILES string of the molecule is COC(=O)CCCc1ccc(C(N)CCCCCC(F)(F)F)s1. The second-order valence-corrected chi connectivity index (χ2v) is 6.75. The molecular formula is C16H24F3NO2S. The van der Waals surface area contributed by atoms with Crippen molar-refractivity contribution in [1.29, 1.82) is 0 Å². The molecule has 1 heterocycles. The number of rotatable bonds is 10. The first-order valence-corrected chi connectivity index (χ1v) is 8.61. The van der Waals surface area contributed by atoms with Gasteiger partial charge >= 0.3 is 12.1 Å². The molecule has 3 nitrogen and oxygen atoms in total. The number of nitrogens with two attached hydrogens (primary N) is 1. The van der Waals surface area contributed by atoms with E-state index in [9.17, 15) is 18.0 Å². The summed E-state index contributed by atoms with van der Waals surface area (Å²) < 4.78 is 40.7. The highest BCUT2D eigenvalue weighted by Crippen LogP contribution is 2.28. The number of carbonyl (C=O) groups excluding carboxylic acids is 1. The summed E-state index contributed by atoms with van der Waals surface area (Å²) in [6, 6.07) is 3.85. The molecule has 7 heteroatoms. The average molecular weight is 351 g/mol. The van der Waals surface area contributed by atoms with E-state index in [2.05, 4.69) is 4.74 Å². The molecule has 0 spiro atoms. The van der Waals surface area contributed by atoms with Gasteiger partial charge in [0.2, 0.25) is 0 Å². The summed E-state index contributed by atoms with van der Waals surface area (Å²) in [5, 5.41) is 0. The lowest BCUT2D eigenvalue weighted by Gasteiger charge is -2.10. The van der Waals surface area contributed by atoms with E-state index in [0.717, 1.165) is 22.6 Å². The Morgan fingerprint density at radius 2 is 2.00 bits per heavy atom. The van der Waals surface area contributed by atoms with E-state index in [1.807, 2.05) is 12.1 Å². The van der Waals surface area contributed by atoms with Crippen LogP contribution in [0.25, 0.3) is 0 Å². The van der Waals surface area contributed by atoms with Gasteiger partial charge in [-0.3, -0.25) is 4.79 Å².